The van der Waals surface area contributed by atoms with E-state index in [1.165, 1.54) is 10.8 Å². The van der Waals surface area contributed by atoms with E-state index in [4.69, 9.17) is 4.74 Å². The van der Waals surface area contributed by atoms with E-state index in [0.717, 1.165) is 11.3 Å². The number of nitriles is 1. The molecule has 1 saturated heterocycles. The molecule has 0 atom stereocenters. The standard InChI is InChI=1S/C24H29N5O6S2/c1-3-29-22(31)20(36-23(29)19(15-25)24(32)35-4-2)16-26-17-6-5-7-18(14-17)27-21(30)8-9-28-10-12-37(33,34)13-11-28/h5-7,14,16,26H,3-4,8-13H2,1-2H3,(H,27,30). The van der Waals surface area contributed by atoms with Gasteiger partial charge in [0.1, 0.15) is 15.3 Å². The molecule has 1 aliphatic heterocycles. The molecular weight excluding hydrogens is 518 g/mol. The number of benzene rings is 1. The third-order valence-electron chi connectivity index (χ3n) is 5.64. The van der Waals surface area contributed by atoms with Crippen molar-refractivity contribution in [2.75, 3.05) is 48.4 Å². The molecule has 11 nitrogen and oxygen atoms in total. The van der Waals surface area contributed by atoms with Gasteiger partial charge in [-0.15, -0.1) is 11.3 Å². The number of carbonyl (C=O) groups excluding carboxylic acids is 2. The Hall–Kier alpha value is -3.47. The summed E-state index contributed by atoms with van der Waals surface area (Å²) >= 11 is 1.01. The average Bonchev–Trinajstić information content (AvgIpc) is 3.17. The molecule has 0 bridgehead atoms. The molecule has 0 saturated carbocycles. The zero-order valence-electron chi connectivity index (χ0n) is 20.7. The number of ether oxygens (including phenoxy) is 1. The summed E-state index contributed by atoms with van der Waals surface area (Å²) in [4.78, 5) is 39.3. The van der Waals surface area contributed by atoms with Crippen LogP contribution in [0, 0.1) is 11.3 Å². The van der Waals surface area contributed by atoms with Gasteiger partial charge in [-0.25, -0.2) is 13.2 Å². The van der Waals surface area contributed by atoms with Crippen molar-refractivity contribution in [3.05, 3.63) is 43.8 Å². The first-order valence-corrected chi connectivity index (χ1v) is 14.4. The van der Waals surface area contributed by atoms with E-state index >= 15 is 0 Å². The number of nitrogens with one attached hydrogen (secondary N) is 2. The molecule has 1 amide bonds. The Morgan fingerprint density at radius 2 is 1.92 bits per heavy atom. The number of rotatable bonds is 9. The zero-order chi connectivity index (χ0) is 27.0. The molecule has 2 N–H and O–H groups in total. The van der Waals surface area contributed by atoms with Gasteiger partial charge in [0.2, 0.25) is 5.91 Å². The van der Waals surface area contributed by atoms with Crippen molar-refractivity contribution in [3.8, 4) is 6.07 Å². The van der Waals surface area contributed by atoms with Crippen LogP contribution in [-0.4, -0.2) is 67.5 Å². The van der Waals surface area contributed by atoms with Crippen LogP contribution in [0.5, 0.6) is 0 Å². The molecule has 1 aliphatic rings. The monoisotopic (exact) mass is 547 g/mol. The molecule has 0 radical (unpaired) electrons. The molecule has 1 fully saturated rings. The quantitative estimate of drug-likeness (QED) is 0.416. The van der Waals surface area contributed by atoms with E-state index in [-0.39, 0.29) is 52.8 Å². The van der Waals surface area contributed by atoms with E-state index < -0.39 is 15.8 Å². The summed E-state index contributed by atoms with van der Waals surface area (Å²) in [6.45, 7) is 5.11. The lowest BCUT2D eigenvalue weighted by atomic mass is 10.2. The number of amides is 1. The fourth-order valence-corrected chi connectivity index (χ4v) is 6.02. The largest absolute Gasteiger partial charge is 0.462 e. The maximum absolute atomic E-state index is 12.8. The number of carbonyl (C=O) groups is 2. The highest BCUT2D eigenvalue weighted by atomic mass is 32.2. The van der Waals surface area contributed by atoms with Gasteiger partial charge in [0.25, 0.3) is 5.56 Å². The third-order valence-corrected chi connectivity index (χ3v) is 8.38. The SMILES string of the molecule is CCOC(=O)C(C#N)=c1sc(=CNc2cccc(NC(=O)CCN3CCS(=O)(=O)CC3)c2)c(=O)n1CC. The van der Waals surface area contributed by atoms with Crippen molar-refractivity contribution < 1.29 is 22.7 Å². The molecule has 0 aliphatic carbocycles. The van der Waals surface area contributed by atoms with E-state index in [2.05, 4.69) is 10.6 Å². The van der Waals surface area contributed by atoms with Crippen LogP contribution in [-0.2, 0) is 30.7 Å². The van der Waals surface area contributed by atoms with Crippen LogP contribution in [0.1, 0.15) is 20.3 Å². The second kappa shape index (κ2) is 12.7. The Balaban J connectivity index is 1.71. The van der Waals surface area contributed by atoms with Crippen LogP contribution in [0.3, 0.4) is 0 Å². The Labute approximate surface area is 218 Å². The molecule has 37 heavy (non-hydrogen) atoms. The van der Waals surface area contributed by atoms with Gasteiger partial charge >= 0.3 is 5.97 Å². The van der Waals surface area contributed by atoms with E-state index in [0.29, 0.717) is 35.5 Å². The molecule has 2 aromatic rings. The lowest BCUT2D eigenvalue weighted by Gasteiger charge is -2.26. The molecule has 3 rings (SSSR count). The topological polar surface area (TPSA) is 151 Å². The number of sulfone groups is 1. The molecular formula is C24H29N5O6S2. The number of hydrogen-bond acceptors (Lipinski definition) is 10. The number of anilines is 2. The van der Waals surface area contributed by atoms with Crippen LogP contribution in [0.15, 0.2) is 29.1 Å². The summed E-state index contributed by atoms with van der Waals surface area (Å²) in [6.07, 6.45) is 1.73. The van der Waals surface area contributed by atoms with Gasteiger partial charge in [0, 0.05) is 50.2 Å². The summed E-state index contributed by atoms with van der Waals surface area (Å²) < 4.78 is 29.9. The summed E-state index contributed by atoms with van der Waals surface area (Å²) in [6, 6.07) is 8.79. The number of aromatic nitrogens is 1. The van der Waals surface area contributed by atoms with E-state index in [1.807, 2.05) is 11.0 Å². The minimum Gasteiger partial charge on any atom is -0.462 e. The summed E-state index contributed by atoms with van der Waals surface area (Å²) in [7, 11) is -2.96. The van der Waals surface area contributed by atoms with Crippen molar-refractivity contribution in [1.29, 1.82) is 5.26 Å². The van der Waals surface area contributed by atoms with Gasteiger partial charge in [-0.05, 0) is 32.0 Å². The normalized spacial score (nSPS) is 16.5. The fourth-order valence-electron chi connectivity index (χ4n) is 3.67. The number of nitrogens with zero attached hydrogens (tertiary/aromatic N) is 3. The van der Waals surface area contributed by atoms with Crippen LogP contribution in [0.2, 0.25) is 0 Å². The second-order valence-corrected chi connectivity index (χ2v) is 11.5. The first kappa shape index (κ1) is 28.1. The summed E-state index contributed by atoms with van der Waals surface area (Å²) in [5, 5.41) is 15.3. The van der Waals surface area contributed by atoms with Gasteiger partial charge in [-0.2, -0.15) is 5.26 Å². The Morgan fingerprint density at radius 3 is 2.57 bits per heavy atom. The van der Waals surface area contributed by atoms with Gasteiger partial charge in [0.05, 0.1) is 18.1 Å². The fraction of sp³-hybridized carbons (Fsp3) is 0.417. The lowest BCUT2D eigenvalue weighted by molar-refractivity contribution is -0.136. The van der Waals surface area contributed by atoms with Gasteiger partial charge in [0.15, 0.2) is 15.4 Å². The lowest BCUT2D eigenvalue weighted by Crippen LogP contribution is -2.41. The highest BCUT2D eigenvalue weighted by Gasteiger charge is 2.21. The predicted octanol–water partition coefficient (Wildman–Crippen LogP) is 0.0762. The molecule has 2 heterocycles. The number of thiazole rings is 1. The molecule has 0 spiro atoms. The zero-order valence-corrected chi connectivity index (χ0v) is 22.3. The molecule has 1 aromatic carbocycles. The highest BCUT2D eigenvalue weighted by Crippen LogP contribution is 2.15. The Bertz CT molecular complexity index is 1470. The first-order chi connectivity index (χ1) is 17.7. The maximum Gasteiger partial charge on any atom is 0.351 e. The number of esters is 1. The smallest absolute Gasteiger partial charge is 0.351 e. The summed E-state index contributed by atoms with van der Waals surface area (Å²) in [5.41, 5.74) is 0.611. The average molecular weight is 548 g/mol. The minimum absolute atomic E-state index is 0.113. The molecule has 1 aromatic heterocycles. The molecule has 13 heteroatoms. The van der Waals surface area contributed by atoms with Crippen LogP contribution >= 0.6 is 11.3 Å². The van der Waals surface area contributed by atoms with Crippen molar-refractivity contribution >= 4 is 56.2 Å². The number of hydrogen-bond donors (Lipinski definition) is 2. The maximum atomic E-state index is 12.8. The van der Waals surface area contributed by atoms with Crippen LogP contribution in [0.4, 0.5) is 11.4 Å². The van der Waals surface area contributed by atoms with Gasteiger partial charge in [-0.3, -0.25) is 14.2 Å². The van der Waals surface area contributed by atoms with Gasteiger partial charge in [-0.1, -0.05) is 6.07 Å². The molecule has 0 unspecified atom stereocenters. The van der Waals surface area contributed by atoms with Crippen molar-refractivity contribution in [2.24, 2.45) is 0 Å². The Morgan fingerprint density at radius 1 is 1.22 bits per heavy atom. The van der Waals surface area contributed by atoms with Crippen molar-refractivity contribution in [2.45, 2.75) is 26.8 Å². The van der Waals surface area contributed by atoms with E-state index in [1.54, 1.807) is 38.1 Å². The minimum atomic E-state index is -2.96. The van der Waals surface area contributed by atoms with Crippen molar-refractivity contribution in [3.63, 3.8) is 0 Å². The van der Waals surface area contributed by atoms with E-state index in [9.17, 15) is 28.1 Å². The summed E-state index contributed by atoms with van der Waals surface area (Å²) in [5.74, 6) is -0.734. The highest BCUT2D eigenvalue weighted by molar-refractivity contribution is 7.91. The van der Waals surface area contributed by atoms with Crippen LogP contribution < -0.4 is 25.4 Å². The molecule has 198 valence electrons. The van der Waals surface area contributed by atoms with Crippen LogP contribution in [0.25, 0.3) is 11.8 Å². The van der Waals surface area contributed by atoms with Gasteiger partial charge < -0.3 is 20.3 Å². The predicted molar refractivity (Wildman–Crippen MR) is 142 cm³/mol. The van der Waals surface area contributed by atoms with Crippen molar-refractivity contribution in [1.82, 2.24) is 9.47 Å². The second-order valence-electron chi connectivity index (χ2n) is 8.19. The Kier molecular flexibility index (Phi) is 9.62. The third kappa shape index (κ3) is 7.51. The first-order valence-electron chi connectivity index (χ1n) is 11.8.